The first-order valence-electron chi connectivity index (χ1n) is 4.16. The Kier molecular flexibility index (Phi) is 2.05. The second kappa shape index (κ2) is 3.23. The lowest BCUT2D eigenvalue weighted by Crippen LogP contribution is -1.91. The predicted octanol–water partition coefficient (Wildman–Crippen LogP) is 2.16. The van der Waals surface area contributed by atoms with Gasteiger partial charge < -0.3 is 17.2 Å². The molecule has 72 valence electrons. The Morgan fingerprint density at radius 1 is 0.929 bits per heavy atom. The summed E-state index contributed by atoms with van der Waals surface area (Å²) in [6.45, 7) is 0. The number of anilines is 3. The minimum atomic E-state index is 0.677. The van der Waals surface area contributed by atoms with Crippen molar-refractivity contribution in [2.75, 3.05) is 17.2 Å². The third-order valence-corrected chi connectivity index (χ3v) is 2.94. The number of thiophene rings is 1. The summed E-state index contributed by atoms with van der Waals surface area (Å²) in [5, 5.41) is 1.89. The number of rotatable bonds is 1. The summed E-state index contributed by atoms with van der Waals surface area (Å²) in [6.07, 6.45) is 0. The zero-order chi connectivity index (χ0) is 10.1. The third kappa shape index (κ3) is 1.52. The predicted molar refractivity (Wildman–Crippen MR) is 63.0 cm³/mol. The summed E-state index contributed by atoms with van der Waals surface area (Å²) in [5.41, 5.74) is 20.2. The molecule has 0 amide bonds. The van der Waals surface area contributed by atoms with Crippen LogP contribution in [0.4, 0.5) is 17.1 Å². The first-order chi connectivity index (χ1) is 6.66. The van der Waals surface area contributed by atoms with E-state index in [1.165, 1.54) is 0 Å². The van der Waals surface area contributed by atoms with Gasteiger partial charge in [-0.05, 0) is 24.3 Å². The lowest BCUT2D eigenvalue weighted by molar-refractivity contribution is 1.66. The van der Waals surface area contributed by atoms with Crippen molar-refractivity contribution in [2.45, 2.75) is 0 Å². The molecule has 1 heterocycles. The highest BCUT2D eigenvalue weighted by molar-refractivity contribution is 7.14. The van der Waals surface area contributed by atoms with Gasteiger partial charge in [0.25, 0.3) is 0 Å². The Bertz CT molecular complexity index is 462. The van der Waals surface area contributed by atoms with Crippen LogP contribution in [-0.2, 0) is 0 Å². The van der Waals surface area contributed by atoms with Crippen molar-refractivity contribution in [1.82, 2.24) is 0 Å². The molecule has 0 spiro atoms. The van der Waals surface area contributed by atoms with Crippen molar-refractivity contribution < 1.29 is 0 Å². The molecule has 14 heavy (non-hydrogen) atoms. The van der Waals surface area contributed by atoms with E-state index in [0.29, 0.717) is 11.4 Å². The SMILES string of the molecule is Nc1csc(-c2ccc(N)cc2N)c1. The normalized spacial score (nSPS) is 10.3. The minimum absolute atomic E-state index is 0.677. The molecule has 0 saturated heterocycles. The first-order valence-corrected chi connectivity index (χ1v) is 5.04. The van der Waals surface area contributed by atoms with Gasteiger partial charge in [-0.25, -0.2) is 0 Å². The quantitative estimate of drug-likeness (QED) is 0.624. The standard InChI is InChI=1S/C10H11N3S/c11-6-1-2-8(9(13)3-6)10-4-7(12)5-14-10/h1-5H,11-13H2. The highest BCUT2D eigenvalue weighted by atomic mass is 32.1. The smallest absolute Gasteiger partial charge is 0.0429 e. The third-order valence-electron chi connectivity index (χ3n) is 1.96. The zero-order valence-electron chi connectivity index (χ0n) is 7.53. The van der Waals surface area contributed by atoms with E-state index in [2.05, 4.69) is 0 Å². The minimum Gasteiger partial charge on any atom is -0.399 e. The summed E-state index contributed by atoms with van der Waals surface area (Å²) in [4.78, 5) is 1.07. The monoisotopic (exact) mass is 205 g/mol. The van der Waals surface area contributed by atoms with Crippen LogP contribution < -0.4 is 17.2 Å². The van der Waals surface area contributed by atoms with Crippen LogP contribution in [0.15, 0.2) is 29.6 Å². The molecule has 0 saturated carbocycles. The Morgan fingerprint density at radius 3 is 2.29 bits per heavy atom. The van der Waals surface area contributed by atoms with Crippen molar-refractivity contribution >= 4 is 28.4 Å². The second-order valence-electron chi connectivity index (χ2n) is 3.09. The molecule has 6 N–H and O–H groups in total. The lowest BCUT2D eigenvalue weighted by Gasteiger charge is -2.03. The van der Waals surface area contributed by atoms with Crippen molar-refractivity contribution in [1.29, 1.82) is 0 Å². The van der Waals surface area contributed by atoms with Crippen molar-refractivity contribution in [3.63, 3.8) is 0 Å². The summed E-state index contributed by atoms with van der Waals surface area (Å²) >= 11 is 1.58. The molecule has 0 fully saturated rings. The highest BCUT2D eigenvalue weighted by Gasteiger charge is 2.04. The van der Waals surface area contributed by atoms with Crippen LogP contribution in [0.2, 0.25) is 0 Å². The largest absolute Gasteiger partial charge is 0.399 e. The molecule has 0 aliphatic heterocycles. The fourth-order valence-corrected chi connectivity index (χ4v) is 2.15. The van der Waals surface area contributed by atoms with E-state index < -0.39 is 0 Å². The summed E-state index contributed by atoms with van der Waals surface area (Å²) < 4.78 is 0. The highest BCUT2D eigenvalue weighted by Crippen LogP contribution is 2.33. The van der Waals surface area contributed by atoms with E-state index in [0.717, 1.165) is 16.1 Å². The second-order valence-corrected chi connectivity index (χ2v) is 4.00. The molecule has 0 radical (unpaired) electrons. The molecule has 1 aromatic heterocycles. The summed E-state index contributed by atoms with van der Waals surface area (Å²) in [5.74, 6) is 0. The number of nitrogen functional groups attached to an aromatic ring is 3. The molecule has 0 atom stereocenters. The Morgan fingerprint density at radius 2 is 1.71 bits per heavy atom. The Balaban J connectivity index is 2.52. The molecule has 4 heteroatoms. The molecule has 2 aromatic rings. The average Bonchev–Trinajstić information content (AvgIpc) is 2.51. The fraction of sp³-hybridized carbons (Fsp3) is 0. The van der Waals surface area contributed by atoms with Gasteiger partial charge in [0.05, 0.1) is 0 Å². The van der Waals surface area contributed by atoms with E-state index >= 15 is 0 Å². The van der Waals surface area contributed by atoms with E-state index in [1.807, 2.05) is 23.6 Å². The van der Waals surface area contributed by atoms with Gasteiger partial charge >= 0.3 is 0 Å². The molecular weight excluding hydrogens is 194 g/mol. The van der Waals surface area contributed by atoms with Crippen LogP contribution in [0, 0.1) is 0 Å². The maximum Gasteiger partial charge on any atom is 0.0429 e. The van der Waals surface area contributed by atoms with Crippen LogP contribution >= 0.6 is 11.3 Å². The molecule has 2 rings (SSSR count). The van der Waals surface area contributed by atoms with Crippen LogP contribution in [0.3, 0.4) is 0 Å². The molecule has 0 unspecified atom stereocenters. The first kappa shape index (κ1) is 8.90. The Hall–Kier alpha value is -1.68. The van der Waals surface area contributed by atoms with Gasteiger partial charge in [-0.3, -0.25) is 0 Å². The molecule has 3 nitrogen and oxygen atoms in total. The van der Waals surface area contributed by atoms with Gasteiger partial charge in [0, 0.05) is 32.9 Å². The topological polar surface area (TPSA) is 78.1 Å². The van der Waals surface area contributed by atoms with E-state index in [-0.39, 0.29) is 0 Å². The fourth-order valence-electron chi connectivity index (χ4n) is 1.30. The molecule has 0 aliphatic rings. The van der Waals surface area contributed by atoms with Gasteiger partial charge in [0.15, 0.2) is 0 Å². The molecule has 0 bridgehead atoms. The van der Waals surface area contributed by atoms with Gasteiger partial charge in [-0.2, -0.15) is 0 Å². The van der Waals surface area contributed by atoms with Crippen molar-refractivity contribution in [2.24, 2.45) is 0 Å². The van der Waals surface area contributed by atoms with Crippen LogP contribution in [0.25, 0.3) is 10.4 Å². The number of nitrogens with two attached hydrogens (primary N) is 3. The maximum atomic E-state index is 5.85. The van der Waals surface area contributed by atoms with Gasteiger partial charge in [0.1, 0.15) is 0 Å². The Labute approximate surface area is 86.1 Å². The van der Waals surface area contributed by atoms with E-state index in [1.54, 1.807) is 17.4 Å². The van der Waals surface area contributed by atoms with Crippen LogP contribution in [0.5, 0.6) is 0 Å². The van der Waals surface area contributed by atoms with Gasteiger partial charge in [-0.1, -0.05) is 0 Å². The number of hydrogen-bond acceptors (Lipinski definition) is 4. The van der Waals surface area contributed by atoms with Gasteiger partial charge in [-0.15, -0.1) is 11.3 Å². The molecule has 0 aliphatic carbocycles. The van der Waals surface area contributed by atoms with E-state index in [4.69, 9.17) is 17.2 Å². The van der Waals surface area contributed by atoms with Crippen LogP contribution in [0.1, 0.15) is 0 Å². The summed E-state index contributed by atoms with van der Waals surface area (Å²) in [6, 6.07) is 7.41. The van der Waals surface area contributed by atoms with Crippen molar-refractivity contribution in [3.8, 4) is 10.4 Å². The zero-order valence-corrected chi connectivity index (χ0v) is 8.34. The molecule has 1 aromatic carbocycles. The van der Waals surface area contributed by atoms with Gasteiger partial charge in [0.2, 0.25) is 0 Å². The van der Waals surface area contributed by atoms with Crippen LogP contribution in [-0.4, -0.2) is 0 Å². The summed E-state index contributed by atoms with van der Waals surface area (Å²) in [7, 11) is 0. The average molecular weight is 205 g/mol. The van der Waals surface area contributed by atoms with Crippen molar-refractivity contribution in [3.05, 3.63) is 29.6 Å². The molecular formula is C10H11N3S. The number of hydrogen-bond donors (Lipinski definition) is 3. The van der Waals surface area contributed by atoms with E-state index in [9.17, 15) is 0 Å². The lowest BCUT2D eigenvalue weighted by atomic mass is 10.1. The maximum absolute atomic E-state index is 5.85. The number of benzene rings is 1.